The summed E-state index contributed by atoms with van der Waals surface area (Å²) in [6, 6.07) is 16.2. The van der Waals surface area contributed by atoms with E-state index in [4.69, 9.17) is 0 Å². The minimum atomic E-state index is 0.0367. The molecule has 0 fully saturated rings. The van der Waals surface area contributed by atoms with Gasteiger partial charge in [0.2, 0.25) is 5.91 Å². The van der Waals surface area contributed by atoms with Crippen LogP contribution >= 0.6 is 0 Å². The molecule has 1 atom stereocenters. The van der Waals surface area contributed by atoms with Crippen LogP contribution in [0.5, 0.6) is 0 Å². The Morgan fingerprint density at radius 1 is 1.10 bits per heavy atom. The highest BCUT2D eigenvalue weighted by Gasteiger charge is 2.11. The third-order valence-electron chi connectivity index (χ3n) is 3.86. The van der Waals surface area contributed by atoms with Crippen molar-refractivity contribution in [2.45, 2.75) is 39.5 Å². The molecule has 0 radical (unpaired) electrons. The number of carbonyl (C=O) groups is 1. The second-order valence-electron chi connectivity index (χ2n) is 5.61. The Hall–Kier alpha value is -2.09. The smallest absolute Gasteiger partial charge is 0.228 e. The molecule has 0 aromatic heterocycles. The van der Waals surface area contributed by atoms with Gasteiger partial charge >= 0.3 is 0 Å². The molecule has 21 heavy (non-hydrogen) atoms. The summed E-state index contributed by atoms with van der Waals surface area (Å²) >= 11 is 0. The van der Waals surface area contributed by atoms with Crippen molar-refractivity contribution in [1.82, 2.24) is 0 Å². The summed E-state index contributed by atoms with van der Waals surface area (Å²) < 4.78 is 0. The zero-order valence-corrected chi connectivity index (χ0v) is 13.0. The second kappa shape index (κ2) is 7.07. The van der Waals surface area contributed by atoms with Gasteiger partial charge in [0.25, 0.3) is 0 Å². The number of benzene rings is 2. The van der Waals surface area contributed by atoms with Gasteiger partial charge in [-0.15, -0.1) is 0 Å². The number of carbonyl (C=O) groups excluding carboxylic acids is 1. The van der Waals surface area contributed by atoms with Crippen molar-refractivity contribution >= 4 is 11.6 Å². The Morgan fingerprint density at radius 3 is 2.43 bits per heavy atom. The molecule has 0 bridgehead atoms. The predicted octanol–water partition coefficient (Wildman–Crippen LogP) is 4.69. The quantitative estimate of drug-likeness (QED) is 0.846. The lowest BCUT2D eigenvalue weighted by Gasteiger charge is -2.15. The van der Waals surface area contributed by atoms with Crippen LogP contribution in [0.3, 0.4) is 0 Å². The van der Waals surface area contributed by atoms with Crippen LogP contribution < -0.4 is 5.32 Å². The molecule has 0 aliphatic carbocycles. The van der Waals surface area contributed by atoms with Crippen LogP contribution in [0, 0.1) is 6.92 Å². The lowest BCUT2D eigenvalue weighted by atomic mass is 9.97. The van der Waals surface area contributed by atoms with Crippen molar-refractivity contribution < 1.29 is 4.79 Å². The number of hydrogen-bond donors (Lipinski definition) is 1. The van der Waals surface area contributed by atoms with Gasteiger partial charge in [-0.3, -0.25) is 4.79 Å². The largest absolute Gasteiger partial charge is 0.326 e. The van der Waals surface area contributed by atoms with E-state index in [2.05, 4.69) is 25.2 Å². The zero-order chi connectivity index (χ0) is 15.2. The van der Waals surface area contributed by atoms with Gasteiger partial charge in [-0.1, -0.05) is 61.9 Å². The summed E-state index contributed by atoms with van der Waals surface area (Å²) in [7, 11) is 0. The molecular formula is C19H23NO. The predicted molar refractivity (Wildman–Crippen MR) is 88.7 cm³/mol. The van der Waals surface area contributed by atoms with Gasteiger partial charge in [0.05, 0.1) is 6.42 Å². The number of amides is 1. The van der Waals surface area contributed by atoms with E-state index in [1.807, 2.05) is 49.4 Å². The maximum absolute atomic E-state index is 12.2. The van der Waals surface area contributed by atoms with Crippen LogP contribution in [0.2, 0.25) is 0 Å². The Labute approximate surface area is 127 Å². The fourth-order valence-electron chi connectivity index (χ4n) is 2.35. The summed E-state index contributed by atoms with van der Waals surface area (Å²) in [5.74, 6) is 0.482. The standard InChI is InChI=1S/C19H23NO/c1-4-15(3)17-7-5-6-8-18(17)20-19(21)13-16-11-9-14(2)10-12-16/h5-12,15H,4,13H2,1-3H3,(H,20,21)/t15-/m1/s1. The number of para-hydroxylation sites is 1. The van der Waals surface area contributed by atoms with Gasteiger partial charge in [-0.25, -0.2) is 0 Å². The van der Waals surface area contributed by atoms with Crippen molar-refractivity contribution in [2.75, 3.05) is 5.32 Å². The van der Waals surface area contributed by atoms with Gasteiger partial charge in [-0.05, 0) is 36.5 Å². The Bertz CT molecular complexity index is 601. The molecule has 1 amide bonds. The Morgan fingerprint density at radius 2 is 1.76 bits per heavy atom. The molecule has 0 aliphatic heterocycles. The molecule has 2 heteroatoms. The van der Waals surface area contributed by atoms with Crippen molar-refractivity contribution in [3.05, 3.63) is 65.2 Å². The van der Waals surface area contributed by atoms with E-state index in [9.17, 15) is 4.79 Å². The number of aryl methyl sites for hydroxylation is 1. The highest BCUT2D eigenvalue weighted by molar-refractivity contribution is 5.93. The van der Waals surface area contributed by atoms with Crippen LogP contribution in [0.4, 0.5) is 5.69 Å². The molecule has 0 unspecified atom stereocenters. The SMILES string of the molecule is CC[C@@H](C)c1ccccc1NC(=O)Cc1ccc(C)cc1. The van der Waals surface area contributed by atoms with Crippen LogP contribution in [0.1, 0.15) is 42.9 Å². The molecule has 0 heterocycles. The highest BCUT2D eigenvalue weighted by atomic mass is 16.1. The molecule has 0 spiro atoms. The van der Waals surface area contributed by atoms with E-state index in [0.717, 1.165) is 17.7 Å². The van der Waals surface area contributed by atoms with Gasteiger partial charge < -0.3 is 5.32 Å². The van der Waals surface area contributed by atoms with E-state index in [1.54, 1.807) is 0 Å². The highest BCUT2D eigenvalue weighted by Crippen LogP contribution is 2.26. The molecule has 2 nitrogen and oxygen atoms in total. The van der Waals surface area contributed by atoms with E-state index in [1.165, 1.54) is 11.1 Å². The Balaban J connectivity index is 2.07. The van der Waals surface area contributed by atoms with Crippen LogP contribution in [0.25, 0.3) is 0 Å². The van der Waals surface area contributed by atoms with E-state index in [0.29, 0.717) is 12.3 Å². The monoisotopic (exact) mass is 281 g/mol. The summed E-state index contributed by atoms with van der Waals surface area (Å²) in [6.07, 6.45) is 1.47. The number of rotatable bonds is 5. The Kier molecular flexibility index (Phi) is 5.15. The molecule has 2 aromatic rings. The van der Waals surface area contributed by atoms with Gasteiger partial charge in [0, 0.05) is 5.69 Å². The number of anilines is 1. The van der Waals surface area contributed by atoms with E-state index in [-0.39, 0.29) is 5.91 Å². The number of hydrogen-bond acceptors (Lipinski definition) is 1. The molecule has 2 aromatic carbocycles. The first-order valence-electron chi connectivity index (χ1n) is 7.54. The maximum Gasteiger partial charge on any atom is 0.228 e. The summed E-state index contributed by atoms with van der Waals surface area (Å²) in [4.78, 5) is 12.2. The normalized spacial score (nSPS) is 12.0. The van der Waals surface area contributed by atoms with E-state index >= 15 is 0 Å². The third kappa shape index (κ3) is 4.19. The molecular weight excluding hydrogens is 258 g/mol. The summed E-state index contributed by atoms with van der Waals surface area (Å²) in [5, 5.41) is 3.05. The molecule has 2 rings (SSSR count). The molecule has 0 saturated heterocycles. The molecule has 0 aliphatic rings. The van der Waals surface area contributed by atoms with Gasteiger partial charge in [-0.2, -0.15) is 0 Å². The summed E-state index contributed by atoms with van der Waals surface area (Å²) in [6.45, 7) is 6.40. The van der Waals surface area contributed by atoms with Gasteiger partial charge in [0.15, 0.2) is 0 Å². The fraction of sp³-hybridized carbons (Fsp3) is 0.316. The minimum Gasteiger partial charge on any atom is -0.326 e. The first-order chi connectivity index (χ1) is 10.1. The number of nitrogens with one attached hydrogen (secondary N) is 1. The lowest BCUT2D eigenvalue weighted by molar-refractivity contribution is -0.115. The van der Waals surface area contributed by atoms with Crippen molar-refractivity contribution in [3.63, 3.8) is 0 Å². The van der Waals surface area contributed by atoms with Crippen LogP contribution in [0.15, 0.2) is 48.5 Å². The summed E-state index contributed by atoms with van der Waals surface area (Å²) in [5.41, 5.74) is 4.39. The van der Waals surface area contributed by atoms with Gasteiger partial charge in [0.1, 0.15) is 0 Å². The first kappa shape index (κ1) is 15.3. The van der Waals surface area contributed by atoms with E-state index < -0.39 is 0 Å². The maximum atomic E-state index is 12.2. The van der Waals surface area contributed by atoms with Crippen molar-refractivity contribution in [2.24, 2.45) is 0 Å². The zero-order valence-electron chi connectivity index (χ0n) is 13.0. The van der Waals surface area contributed by atoms with Crippen LogP contribution in [-0.4, -0.2) is 5.91 Å². The molecule has 0 saturated carbocycles. The average Bonchev–Trinajstić information content (AvgIpc) is 2.49. The van der Waals surface area contributed by atoms with Crippen molar-refractivity contribution in [3.8, 4) is 0 Å². The first-order valence-corrected chi connectivity index (χ1v) is 7.54. The fourth-order valence-corrected chi connectivity index (χ4v) is 2.35. The van der Waals surface area contributed by atoms with Crippen molar-refractivity contribution in [1.29, 1.82) is 0 Å². The second-order valence-corrected chi connectivity index (χ2v) is 5.61. The average molecular weight is 281 g/mol. The lowest BCUT2D eigenvalue weighted by Crippen LogP contribution is -2.16. The molecule has 110 valence electrons. The molecule has 1 N–H and O–H groups in total. The van der Waals surface area contributed by atoms with Crippen LogP contribution in [-0.2, 0) is 11.2 Å². The third-order valence-corrected chi connectivity index (χ3v) is 3.86. The topological polar surface area (TPSA) is 29.1 Å². The minimum absolute atomic E-state index is 0.0367.